The Balaban J connectivity index is 2.43. The molecule has 0 aliphatic heterocycles. The zero-order valence-corrected chi connectivity index (χ0v) is 9.59. The maximum Gasteiger partial charge on any atom is 0.225 e. The van der Waals surface area contributed by atoms with Gasteiger partial charge in [0.1, 0.15) is 0 Å². The summed E-state index contributed by atoms with van der Waals surface area (Å²) in [6.45, 7) is 0. The van der Waals surface area contributed by atoms with Gasteiger partial charge in [-0.1, -0.05) is 42.5 Å². The van der Waals surface area contributed by atoms with E-state index in [0.29, 0.717) is 11.8 Å². The summed E-state index contributed by atoms with van der Waals surface area (Å²) in [6.07, 6.45) is 0.365. The van der Waals surface area contributed by atoms with Crippen molar-refractivity contribution >= 4 is 33.6 Å². The van der Waals surface area contributed by atoms with Crippen molar-refractivity contribution < 1.29 is 9.59 Å². The molecule has 0 saturated carbocycles. The van der Waals surface area contributed by atoms with Crippen molar-refractivity contribution in [1.82, 2.24) is 0 Å². The molecule has 3 aromatic rings. The number of carbonyl (C=O) groups excluding carboxylic acids is 2. The lowest BCUT2D eigenvalue weighted by Crippen LogP contribution is -2.00. The van der Waals surface area contributed by atoms with Crippen molar-refractivity contribution in [2.45, 2.75) is 0 Å². The second kappa shape index (κ2) is 4.08. The van der Waals surface area contributed by atoms with Gasteiger partial charge in [-0.25, -0.2) is 0 Å². The van der Waals surface area contributed by atoms with Crippen LogP contribution in [-0.2, 0) is 4.79 Å². The number of Topliss-reactive ketones (excluding diaryl/α,β-unsaturated/α-hetero) is 1. The minimum Gasteiger partial charge on any atom is -0.294 e. The van der Waals surface area contributed by atoms with Crippen LogP contribution in [0, 0.1) is 0 Å². The summed E-state index contributed by atoms with van der Waals surface area (Å²) in [7, 11) is 0. The van der Waals surface area contributed by atoms with Crippen molar-refractivity contribution in [3.8, 4) is 0 Å². The highest BCUT2D eigenvalue weighted by Gasteiger charge is 2.09. The smallest absolute Gasteiger partial charge is 0.225 e. The summed E-state index contributed by atoms with van der Waals surface area (Å²) in [4.78, 5) is 22.3. The van der Waals surface area contributed by atoms with E-state index in [4.69, 9.17) is 0 Å². The Hall–Kier alpha value is -2.48. The Bertz CT molecular complexity index is 772. The number of hydrogen-bond acceptors (Lipinski definition) is 2. The van der Waals surface area contributed by atoms with Crippen LogP contribution in [0.4, 0.5) is 0 Å². The topological polar surface area (TPSA) is 34.1 Å². The van der Waals surface area contributed by atoms with Crippen molar-refractivity contribution in [2.75, 3.05) is 0 Å². The van der Waals surface area contributed by atoms with Gasteiger partial charge in [0, 0.05) is 5.56 Å². The number of hydrogen-bond donors (Lipinski definition) is 0. The molecule has 0 fully saturated rings. The van der Waals surface area contributed by atoms with Crippen LogP contribution in [-0.4, -0.2) is 12.1 Å². The third kappa shape index (κ3) is 1.59. The zero-order valence-electron chi connectivity index (χ0n) is 9.59. The lowest BCUT2D eigenvalue weighted by Gasteiger charge is -2.05. The Morgan fingerprint density at radius 1 is 0.833 bits per heavy atom. The van der Waals surface area contributed by atoms with Crippen LogP contribution in [0.25, 0.3) is 21.5 Å². The fraction of sp³-hybridized carbons (Fsp3) is 0. The summed E-state index contributed by atoms with van der Waals surface area (Å²) < 4.78 is 0. The molecule has 0 spiro atoms. The van der Waals surface area contributed by atoms with Gasteiger partial charge in [0.05, 0.1) is 0 Å². The molecule has 86 valence electrons. The second-order valence-corrected chi connectivity index (χ2v) is 4.21. The third-order valence-electron chi connectivity index (χ3n) is 3.12. The molecular formula is C16H10O2. The summed E-state index contributed by atoms with van der Waals surface area (Å²) in [5.74, 6) is -0.476. The first-order chi connectivity index (χ1) is 8.79. The molecule has 3 rings (SSSR count). The average molecular weight is 234 g/mol. The molecule has 0 amide bonds. The van der Waals surface area contributed by atoms with Gasteiger partial charge in [0.25, 0.3) is 0 Å². The van der Waals surface area contributed by atoms with Crippen molar-refractivity contribution in [3.63, 3.8) is 0 Å². The van der Waals surface area contributed by atoms with E-state index >= 15 is 0 Å². The largest absolute Gasteiger partial charge is 0.294 e. The summed E-state index contributed by atoms with van der Waals surface area (Å²) in [5.41, 5.74) is 0.466. The highest BCUT2D eigenvalue weighted by atomic mass is 16.2. The molecule has 2 heteroatoms. The Morgan fingerprint density at radius 3 is 2.22 bits per heavy atom. The van der Waals surface area contributed by atoms with E-state index in [2.05, 4.69) is 0 Å². The number of rotatable bonds is 2. The number of ketones is 1. The van der Waals surface area contributed by atoms with Crippen molar-refractivity contribution in [2.24, 2.45) is 0 Å². The van der Waals surface area contributed by atoms with Crippen LogP contribution in [0.1, 0.15) is 10.4 Å². The first-order valence-corrected chi connectivity index (χ1v) is 5.70. The van der Waals surface area contributed by atoms with Gasteiger partial charge in [-0.3, -0.25) is 9.59 Å². The van der Waals surface area contributed by atoms with Crippen LogP contribution < -0.4 is 0 Å². The van der Waals surface area contributed by atoms with Gasteiger partial charge in [-0.2, -0.15) is 0 Å². The minimum atomic E-state index is -0.476. The monoisotopic (exact) mass is 234 g/mol. The number of fused-ring (bicyclic) bond motifs is 2. The van der Waals surface area contributed by atoms with Crippen LogP contribution in [0.5, 0.6) is 0 Å². The third-order valence-corrected chi connectivity index (χ3v) is 3.12. The minimum absolute atomic E-state index is 0.365. The SMILES string of the molecule is O=CC(=O)c1cccc2cc3ccccc3cc12. The normalized spacial score (nSPS) is 10.7. The molecule has 2 nitrogen and oxygen atoms in total. The highest BCUT2D eigenvalue weighted by Crippen LogP contribution is 2.25. The van der Waals surface area contributed by atoms with Gasteiger partial charge in [-0.15, -0.1) is 0 Å². The van der Waals surface area contributed by atoms with E-state index in [1.54, 1.807) is 12.1 Å². The Kier molecular flexibility index (Phi) is 2.41. The summed E-state index contributed by atoms with van der Waals surface area (Å²) >= 11 is 0. The molecule has 0 aliphatic carbocycles. The first kappa shape index (κ1) is 10.7. The van der Waals surface area contributed by atoms with E-state index in [0.717, 1.165) is 21.5 Å². The predicted octanol–water partition coefficient (Wildman–Crippen LogP) is 3.37. The second-order valence-electron chi connectivity index (χ2n) is 4.21. The quantitative estimate of drug-likeness (QED) is 0.295. The average Bonchev–Trinajstić information content (AvgIpc) is 2.43. The molecule has 0 unspecified atom stereocenters. The molecule has 3 aromatic carbocycles. The van der Waals surface area contributed by atoms with Gasteiger partial charge >= 0.3 is 0 Å². The van der Waals surface area contributed by atoms with E-state index in [-0.39, 0.29) is 0 Å². The van der Waals surface area contributed by atoms with Crippen LogP contribution in [0.15, 0.2) is 54.6 Å². The van der Waals surface area contributed by atoms with Gasteiger partial charge in [0.2, 0.25) is 5.78 Å². The van der Waals surface area contributed by atoms with E-state index < -0.39 is 5.78 Å². The van der Waals surface area contributed by atoms with Crippen LogP contribution in [0.3, 0.4) is 0 Å². The standard InChI is InChI=1S/C16H10O2/c17-10-16(18)14-7-3-6-13-8-11-4-1-2-5-12(11)9-15(13)14/h1-10H. The highest BCUT2D eigenvalue weighted by molar-refractivity contribution is 6.36. The van der Waals surface area contributed by atoms with E-state index in [1.807, 2.05) is 42.5 Å². The Morgan fingerprint density at radius 2 is 1.50 bits per heavy atom. The molecule has 18 heavy (non-hydrogen) atoms. The number of carbonyl (C=O) groups is 2. The summed E-state index contributed by atoms with van der Waals surface area (Å²) in [5, 5.41) is 3.99. The lowest BCUT2D eigenvalue weighted by molar-refractivity contribution is -0.104. The van der Waals surface area contributed by atoms with Crippen LogP contribution in [0.2, 0.25) is 0 Å². The van der Waals surface area contributed by atoms with Gasteiger partial charge < -0.3 is 0 Å². The molecule has 0 heterocycles. The molecule has 0 bridgehead atoms. The van der Waals surface area contributed by atoms with E-state index in [1.165, 1.54) is 0 Å². The van der Waals surface area contributed by atoms with Crippen molar-refractivity contribution in [3.05, 3.63) is 60.2 Å². The number of benzene rings is 3. The predicted molar refractivity (Wildman–Crippen MR) is 71.8 cm³/mol. The maximum absolute atomic E-state index is 11.6. The van der Waals surface area contributed by atoms with Gasteiger partial charge in [-0.05, 0) is 33.7 Å². The fourth-order valence-electron chi connectivity index (χ4n) is 2.25. The summed E-state index contributed by atoms with van der Waals surface area (Å²) in [6, 6.07) is 17.4. The number of aldehydes is 1. The zero-order chi connectivity index (χ0) is 12.5. The van der Waals surface area contributed by atoms with Crippen molar-refractivity contribution in [1.29, 1.82) is 0 Å². The van der Waals surface area contributed by atoms with Gasteiger partial charge in [0.15, 0.2) is 6.29 Å². The lowest BCUT2D eigenvalue weighted by atomic mass is 9.98. The maximum atomic E-state index is 11.6. The molecule has 0 aromatic heterocycles. The van der Waals surface area contributed by atoms with E-state index in [9.17, 15) is 9.59 Å². The Labute approximate surface area is 104 Å². The fourth-order valence-corrected chi connectivity index (χ4v) is 2.25. The molecule has 0 radical (unpaired) electrons. The molecule has 0 aliphatic rings. The molecule has 0 atom stereocenters. The molecule has 0 N–H and O–H groups in total. The molecule has 0 saturated heterocycles. The van der Waals surface area contributed by atoms with Crippen LogP contribution >= 0.6 is 0 Å². The first-order valence-electron chi connectivity index (χ1n) is 5.70. The molecular weight excluding hydrogens is 224 g/mol.